The van der Waals surface area contributed by atoms with Gasteiger partial charge in [0.2, 0.25) is 0 Å². The van der Waals surface area contributed by atoms with Crippen LogP contribution in [0.3, 0.4) is 0 Å². The Hall–Kier alpha value is -2.10. The summed E-state index contributed by atoms with van der Waals surface area (Å²) in [4.78, 5) is 24.0. The highest BCUT2D eigenvalue weighted by atomic mass is 16.5. The van der Waals surface area contributed by atoms with Crippen LogP contribution in [0, 0.1) is 20.8 Å². The van der Waals surface area contributed by atoms with Crippen molar-refractivity contribution in [3.63, 3.8) is 0 Å². The third kappa shape index (κ3) is 2.01. The summed E-state index contributed by atoms with van der Waals surface area (Å²) in [5, 5.41) is 0. The van der Waals surface area contributed by atoms with E-state index in [1.165, 1.54) is 14.2 Å². The molecule has 0 bridgehead atoms. The molecule has 1 aliphatic carbocycles. The van der Waals surface area contributed by atoms with Crippen LogP contribution in [-0.2, 0) is 19.1 Å². The van der Waals surface area contributed by atoms with Gasteiger partial charge in [-0.05, 0) is 54.7 Å². The van der Waals surface area contributed by atoms with Crippen LogP contribution in [0.1, 0.15) is 33.7 Å². The van der Waals surface area contributed by atoms with E-state index in [1.807, 2.05) is 20.8 Å². The van der Waals surface area contributed by atoms with E-state index in [0.29, 0.717) is 5.57 Å². The molecule has 4 heteroatoms. The number of rotatable bonds is 2. The molecule has 0 spiro atoms. The van der Waals surface area contributed by atoms with Gasteiger partial charge in [0, 0.05) is 0 Å². The second-order valence-electron chi connectivity index (χ2n) is 5.01. The zero-order valence-electron chi connectivity index (χ0n) is 12.4. The molecule has 0 N–H and O–H groups in total. The molecule has 0 saturated heterocycles. The zero-order valence-corrected chi connectivity index (χ0v) is 12.4. The van der Waals surface area contributed by atoms with Crippen molar-refractivity contribution < 1.29 is 19.1 Å². The lowest BCUT2D eigenvalue weighted by Gasteiger charge is -2.17. The van der Waals surface area contributed by atoms with Gasteiger partial charge in [0.05, 0.1) is 19.8 Å². The van der Waals surface area contributed by atoms with Gasteiger partial charge in [0.15, 0.2) is 0 Å². The van der Waals surface area contributed by atoms with Crippen LogP contribution >= 0.6 is 0 Å². The zero-order chi connectivity index (χ0) is 15.0. The molecule has 1 aliphatic rings. The van der Waals surface area contributed by atoms with Crippen LogP contribution in [0.5, 0.6) is 0 Å². The van der Waals surface area contributed by atoms with Crippen LogP contribution in [0.2, 0.25) is 0 Å². The average Bonchev–Trinajstić information content (AvgIpc) is 2.84. The third-order valence-electron chi connectivity index (χ3n) is 3.90. The number of fused-ring (bicyclic) bond motifs is 1. The lowest BCUT2D eigenvalue weighted by molar-refractivity contribution is -0.144. The van der Waals surface area contributed by atoms with Crippen LogP contribution in [-0.4, -0.2) is 26.2 Å². The van der Waals surface area contributed by atoms with Gasteiger partial charge >= 0.3 is 11.9 Å². The largest absolute Gasteiger partial charge is 0.468 e. The maximum atomic E-state index is 12.1. The highest BCUT2D eigenvalue weighted by molar-refractivity contribution is 6.06. The molecule has 0 saturated carbocycles. The number of carbonyl (C=O) groups excluding carboxylic acids is 2. The molecular weight excluding hydrogens is 256 g/mol. The van der Waals surface area contributed by atoms with E-state index in [1.54, 1.807) is 6.08 Å². The maximum Gasteiger partial charge on any atom is 0.334 e. The molecule has 0 aromatic heterocycles. The highest BCUT2D eigenvalue weighted by Gasteiger charge is 2.38. The van der Waals surface area contributed by atoms with Crippen molar-refractivity contribution in [1.29, 1.82) is 0 Å². The lowest BCUT2D eigenvalue weighted by atomic mass is 9.88. The van der Waals surface area contributed by atoms with Crippen molar-refractivity contribution in [3.8, 4) is 0 Å². The van der Waals surface area contributed by atoms with Gasteiger partial charge in [0.1, 0.15) is 5.92 Å². The van der Waals surface area contributed by atoms with Gasteiger partial charge in [-0.3, -0.25) is 4.79 Å². The summed E-state index contributed by atoms with van der Waals surface area (Å²) < 4.78 is 9.65. The molecule has 20 heavy (non-hydrogen) atoms. The summed E-state index contributed by atoms with van der Waals surface area (Å²) in [7, 11) is 2.64. The topological polar surface area (TPSA) is 52.6 Å². The molecule has 2 rings (SSSR count). The molecule has 1 aromatic rings. The van der Waals surface area contributed by atoms with Crippen LogP contribution in [0.15, 0.2) is 11.6 Å². The number of hydrogen-bond donors (Lipinski definition) is 0. The number of benzene rings is 1. The number of esters is 2. The van der Waals surface area contributed by atoms with E-state index in [4.69, 9.17) is 9.47 Å². The summed E-state index contributed by atoms with van der Waals surface area (Å²) >= 11 is 0. The first-order chi connectivity index (χ1) is 9.42. The summed E-state index contributed by atoms with van der Waals surface area (Å²) in [6, 6.07) is 2.05. The molecule has 1 aromatic carbocycles. The van der Waals surface area contributed by atoms with Gasteiger partial charge in [-0.1, -0.05) is 6.07 Å². The SMILES string of the molecule is COC(=O)C1=Cc2c(C)cc(C)c(C)c2C1C(=O)OC. The predicted molar refractivity (Wildman–Crippen MR) is 75.4 cm³/mol. The average molecular weight is 274 g/mol. The number of carbonyl (C=O) groups is 2. The lowest BCUT2D eigenvalue weighted by Crippen LogP contribution is -2.20. The first-order valence-corrected chi connectivity index (χ1v) is 6.40. The highest BCUT2D eigenvalue weighted by Crippen LogP contribution is 2.42. The van der Waals surface area contributed by atoms with Gasteiger partial charge in [-0.25, -0.2) is 4.79 Å². The molecule has 1 unspecified atom stereocenters. The Labute approximate surface area is 118 Å². The Morgan fingerprint density at radius 2 is 1.70 bits per heavy atom. The summed E-state index contributed by atoms with van der Waals surface area (Å²) in [6.07, 6.45) is 1.74. The quantitative estimate of drug-likeness (QED) is 0.777. The second-order valence-corrected chi connectivity index (χ2v) is 5.01. The van der Waals surface area contributed by atoms with Crippen molar-refractivity contribution in [2.75, 3.05) is 14.2 Å². The van der Waals surface area contributed by atoms with E-state index >= 15 is 0 Å². The fourth-order valence-electron chi connectivity index (χ4n) is 2.75. The molecule has 0 amide bonds. The fraction of sp³-hybridized carbons (Fsp3) is 0.375. The fourth-order valence-corrected chi connectivity index (χ4v) is 2.75. The van der Waals surface area contributed by atoms with Crippen molar-refractivity contribution >= 4 is 18.0 Å². The Morgan fingerprint density at radius 1 is 1.05 bits per heavy atom. The predicted octanol–water partition coefficient (Wildman–Crippen LogP) is 2.44. The first kappa shape index (κ1) is 14.3. The monoisotopic (exact) mass is 274 g/mol. The molecule has 106 valence electrons. The second kappa shape index (κ2) is 5.12. The van der Waals surface area contributed by atoms with E-state index in [-0.39, 0.29) is 0 Å². The van der Waals surface area contributed by atoms with Gasteiger partial charge in [0.25, 0.3) is 0 Å². The van der Waals surface area contributed by atoms with E-state index in [9.17, 15) is 9.59 Å². The minimum absolute atomic E-state index is 0.339. The number of methoxy groups -OCH3 is 2. The molecule has 0 fully saturated rings. The third-order valence-corrected chi connectivity index (χ3v) is 3.90. The standard InChI is InChI=1S/C16H18O4/c1-8-6-9(2)11-7-12(15(17)19-4)14(16(18)20-5)13(11)10(8)3/h6-7,14H,1-5H3. The maximum absolute atomic E-state index is 12.1. The number of aryl methyl sites for hydroxylation is 2. The Kier molecular flexibility index (Phi) is 3.66. The minimum atomic E-state index is -0.693. The molecule has 0 aliphatic heterocycles. The molecular formula is C16H18O4. The van der Waals surface area contributed by atoms with E-state index in [0.717, 1.165) is 27.8 Å². The molecule has 0 heterocycles. The Bertz CT molecular complexity index is 626. The Balaban J connectivity index is 2.70. The Morgan fingerprint density at radius 3 is 2.25 bits per heavy atom. The first-order valence-electron chi connectivity index (χ1n) is 6.40. The normalized spacial score (nSPS) is 16.4. The van der Waals surface area contributed by atoms with E-state index in [2.05, 4.69) is 6.07 Å². The van der Waals surface area contributed by atoms with Crippen LogP contribution in [0.25, 0.3) is 6.08 Å². The van der Waals surface area contributed by atoms with E-state index < -0.39 is 17.9 Å². The van der Waals surface area contributed by atoms with Gasteiger partial charge in [-0.2, -0.15) is 0 Å². The van der Waals surface area contributed by atoms with Crippen molar-refractivity contribution in [1.82, 2.24) is 0 Å². The van der Waals surface area contributed by atoms with Crippen molar-refractivity contribution in [3.05, 3.63) is 39.5 Å². The van der Waals surface area contributed by atoms with Gasteiger partial charge < -0.3 is 9.47 Å². The minimum Gasteiger partial charge on any atom is -0.468 e. The summed E-state index contributed by atoms with van der Waals surface area (Å²) in [5.41, 5.74) is 5.26. The number of hydrogen-bond acceptors (Lipinski definition) is 4. The van der Waals surface area contributed by atoms with Gasteiger partial charge in [-0.15, -0.1) is 0 Å². The van der Waals surface area contributed by atoms with Crippen LogP contribution in [0.4, 0.5) is 0 Å². The van der Waals surface area contributed by atoms with Crippen LogP contribution < -0.4 is 0 Å². The molecule has 1 atom stereocenters. The van der Waals surface area contributed by atoms with Crippen molar-refractivity contribution in [2.24, 2.45) is 0 Å². The summed E-state index contributed by atoms with van der Waals surface area (Å²) in [5.74, 6) is -1.62. The molecule has 4 nitrogen and oxygen atoms in total. The number of ether oxygens (including phenoxy) is 2. The summed E-state index contributed by atoms with van der Waals surface area (Å²) in [6.45, 7) is 5.92. The van der Waals surface area contributed by atoms with Crippen molar-refractivity contribution in [2.45, 2.75) is 26.7 Å². The molecule has 0 radical (unpaired) electrons. The smallest absolute Gasteiger partial charge is 0.334 e.